The van der Waals surface area contributed by atoms with Gasteiger partial charge < -0.3 is 0 Å². The lowest BCUT2D eigenvalue weighted by molar-refractivity contribution is 1.35. The fraction of sp³-hybridized carbons (Fsp3) is 0.250. The van der Waals surface area contributed by atoms with Crippen LogP contribution in [-0.4, -0.2) is 6.21 Å². The number of rotatable bonds is 2. The quantitative estimate of drug-likeness (QED) is 0.606. The van der Waals surface area contributed by atoms with Crippen molar-refractivity contribution < 1.29 is 0 Å². The molecule has 1 aromatic carbocycles. The Morgan fingerprint density at radius 2 is 2.00 bits per heavy atom. The summed E-state index contributed by atoms with van der Waals surface area (Å²) in [6.07, 6.45) is 5.71. The van der Waals surface area contributed by atoms with Gasteiger partial charge in [0.15, 0.2) is 0 Å². The standard InChI is InChI=1S/C12H15N/c1-4-5-8-13-12-7-6-10(2)9-11(12)3/h4-9H,1-3H3/b5-4+,13-8?. The van der Waals surface area contributed by atoms with E-state index < -0.39 is 0 Å². The van der Waals surface area contributed by atoms with Crippen LogP contribution < -0.4 is 0 Å². The Morgan fingerprint density at radius 1 is 1.23 bits per heavy atom. The van der Waals surface area contributed by atoms with E-state index in [2.05, 4.69) is 31.0 Å². The van der Waals surface area contributed by atoms with Crippen LogP contribution in [0.15, 0.2) is 35.3 Å². The molecule has 1 aromatic rings. The molecule has 0 atom stereocenters. The molecule has 68 valence electrons. The highest BCUT2D eigenvalue weighted by Gasteiger charge is 1.93. The third-order valence-electron chi connectivity index (χ3n) is 1.84. The molecule has 1 nitrogen and oxygen atoms in total. The first-order valence-corrected chi connectivity index (χ1v) is 4.46. The second-order valence-electron chi connectivity index (χ2n) is 3.09. The molecule has 0 saturated carbocycles. The minimum atomic E-state index is 1.05. The summed E-state index contributed by atoms with van der Waals surface area (Å²) in [5, 5.41) is 0. The van der Waals surface area contributed by atoms with Gasteiger partial charge in [-0.3, -0.25) is 4.99 Å². The van der Waals surface area contributed by atoms with Crippen molar-refractivity contribution in [2.75, 3.05) is 0 Å². The zero-order chi connectivity index (χ0) is 9.68. The average molecular weight is 173 g/mol. The number of hydrogen-bond donors (Lipinski definition) is 0. The van der Waals surface area contributed by atoms with Gasteiger partial charge >= 0.3 is 0 Å². The van der Waals surface area contributed by atoms with Gasteiger partial charge in [-0.2, -0.15) is 0 Å². The van der Waals surface area contributed by atoms with E-state index >= 15 is 0 Å². The zero-order valence-electron chi connectivity index (χ0n) is 8.41. The highest BCUT2D eigenvalue weighted by Crippen LogP contribution is 2.18. The number of aryl methyl sites for hydroxylation is 2. The first-order valence-electron chi connectivity index (χ1n) is 4.46. The second-order valence-corrected chi connectivity index (χ2v) is 3.09. The molecule has 0 fully saturated rings. The van der Waals surface area contributed by atoms with Crippen LogP contribution in [0.5, 0.6) is 0 Å². The zero-order valence-corrected chi connectivity index (χ0v) is 8.41. The van der Waals surface area contributed by atoms with Crippen molar-refractivity contribution in [1.29, 1.82) is 0 Å². The first-order chi connectivity index (χ1) is 6.24. The molecule has 0 aliphatic heterocycles. The van der Waals surface area contributed by atoms with Gasteiger partial charge in [0.05, 0.1) is 5.69 Å². The van der Waals surface area contributed by atoms with Crippen molar-refractivity contribution in [3.8, 4) is 0 Å². The van der Waals surface area contributed by atoms with Crippen LogP contribution in [0.4, 0.5) is 5.69 Å². The number of allylic oxidation sites excluding steroid dienone is 2. The fourth-order valence-electron chi connectivity index (χ4n) is 1.16. The van der Waals surface area contributed by atoms with Crippen LogP contribution in [0.25, 0.3) is 0 Å². The van der Waals surface area contributed by atoms with Crippen LogP contribution in [0, 0.1) is 13.8 Å². The topological polar surface area (TPSA) is 12.4 Å². The SMILES string of the molecule is C/C=C/C=Nc1ccc(C)cc1C. The molecule has 1 rings (SSSR count). The summed E-state index contributed by atoms with van der Waals surface area (Å²) < 4.78 is 0. The van der Waals surface area contributed by atoms with Crippen molar-refractivity contribution >= 4 is 11.9 Å². The van der Waals surface area contributed by atoms with Crippen LogP contribution >= 0.6 is 0 Å². The summed E-state index contributed by atoms with van der Waals surface area (Å²) >= 11 is 0. The van der Waals surface area contributed by atoms with E-state index in [4.69, 9.17) is 0 Å². The van der Waals surface area contributed by atoms with Gasteiger partial charge in [0.25, 0.3) is 0 Å². The Kier molecular flexibility index (Phi) is 3.44. The smallest absolute Gasteiger partial charge is 0.0658 e. The van der Waals surface area contributed by atoms with Gasteiger partial charge in [0, 0.05) is 6.21 Å². The molecule has 0 heterocycles. The predicted molar refractivity (Wildman–Crippen MR) is 58.9 cm³/mol. The van der Waals surface area contributed by atoms with E-state index in [-0.39, 0.29) is 0 Å². The number of benzene rings is 1. The summed E-state index contributed by atoms with van der Waals surface area (Å²) in [5.74, 6) is 0. The fourth-order valence-corrected chi connectivity index (χ4v) is 1.16. The molecule has 13 heavy (non-hydrogen) atoms. The molecule has 0 amide bonds. The molecule has 0 saturated heterocycles. The van der Waals surface area contributed by atoms with E-state index in [1.807, 2.05) is 31.4 Å². The van der Waals surface area contributed by atoms with Crippen LogP contribution in [-0.2, 0) is 0 Å². The van der Waals surface area contributed by atoms with Crippen molar-refractivity contribution in [2.45, 2.75) is 20.8 Å². The third kappa shape index (κ3) is 2.86. The number of aliphatic imine (C=N–C) groups is 1. The van der Waals surface area contributed by atoms with Gasteiger partial charge in [-0.25, -0.2) is 0 Å². The molecule has 0 aliphatic carbocycles. The maximum Gasteiger partial charge on any atom is 0.0658 e. The molecular formula is C12H15N. The van der Waals surface area contributed by atoms with Crippen LogP contribution in [0.3, 0.4) is 0 Å². The highest BCUT2D eigenvalue weighted by molar-refractivity contribution is 5.74. The van der Waals surface area contributed by atoms with Crippen molar-refractivity contribution in [3.63, 3.8) is 0 Å². The Bertz CT molecular complexity index is 335. The predicted octanol–water partition coefficient (Wildman–Crippen LogP) is 3.58. The van der Waals surface area contributed by atoms with E-state index in [0.717, 1.165) is 5.69 Å². The Labute approximate surface area is 79.8 Å². The average Bonchev–Trinajstić information content (AvgIpc) is 2.09. The van der Waals surface area contributed by atoms with E-state index in [1.54, 1.807) is 0 Å². The monoisotopic (exact) mass is 173 g/mol. The van der Waals surface area contributed by atoms with E-state index in [1.165, 1.54) is 11.1 Å². The molecule has 0 radical (unpaired) electrons. The number of hydrogen-bond acceptors (Lipinski definition) is 1. The van der Waals surface area contributed by atoms with Gasteiger partial charge in [-0.1, -0.05) is 23.8 Å². The molecule has 0 unspecified atom stereocenters. The third-order valence-corrected chi connectivity index (χ3v) is 1.84. The molecular weight excluding hydrogens is 158 g/mol. The molecule has 0 spiro atoms. The number of nitrogens with zero attached hydrogens (tertiary/aromatic N) is 1. The van der Waals surface area contributed by atoms with Crippen molar-refractivity contribution in [2.24, 2.45) is 4.99 Å². The Balaban J connectivity index is 2.89. The summed E-state index contributed by atoms with van der Waals surface area (Å²) in [7, 11) is 0. The van der Waals surface area contributed by atoms with Gasteiger partial charge in [-0.05, 0) is 38.5 Å². The van der Waals surface area contributed by atoms with Crippen LogP contribution in [0.1, 0.15) is 18.1 Å². The lowest BCUT2D eigenvalue weighted by Gasteiger charge is -1.99. The molecule has 0 bridgehead atoms. The van der Waals surface area contributed by atoms with Gasteiger partial charge in [0.2, 0.25) is 0 Å². The van der Waals surface area contributed by atoms with Crippen LogP contribution in [0.2, 0.25) is 0 Å². The minimum absolute atomic E-state index is 1.05. The Hall–Kier alpha value is -1.37. The molecule has 0 aliphatic rings. The summed E-state index contributed by atoms with van der Waals surface area (Å²) in [5.41, 5.74) is 3.55. The second kappa shape index (κ2) is 4.61. The Morgan fingerprint density at radius 3 is 2.62 bits per heavy atom. The first kappa shape index (κ1) is 9.72. The largest absolute Gasteiger partial charge is 0.257 e. The molecule has 0 N–H and O–H groups in total. The van der Waals surface area contributed by atoms with E-state index in [0.29, 0.717) is 0 Å². The van der Waals surface area contributed by atoms with Gasteiger partial charge in [-0.15, -0.1) is 0 Å². The van der Waals surface area contributed by atoms with Gasteiger partial charge in [0.1, 0.15) is 0 Å². The highest BCUT2D eigenvalue weighted by atomic mass is 14.7. The molecule has 0 aromatic heterocycles. The summed E-state index contributed by atoms with van der Waals surface area (Å²) in [6.45, 7) is 6.15. The maximum absolute atomic E-state index is 4.32. The van der Waals surface area contributed by atoms with E-state index in [9.17, 15) is 0 Å². The molecule has 1 heteroatoms. The lowest BCUT2D eigenvalue weighted by atomic mass is 10.1. The normalized spacial score (nSPS) is 11.6. The van der Waals surface area contributed by atoms with Crippen molar-refractivity contribution in [3.05, 3.63) is 41.5 Å². The maximum atomic E-state index is 4.32. The minimum Gasteiger partial charge on any atom is -0.257 e. The lowest BCUT2D eigenvalue weighted by Crippen LogP contribution is -1.77. The summed E-state index contributed by atoms with van der Waals surface area (Å²) in [4.78, 5) is 4.32. The van der Waals surface area contributed by atoms with Crippen molar-refractivity contribution in [1.82, 2.24) is 0 Å². The summed E-state index contributed by atoms with van der Waals surface area (Å²) in [6, 6.07) is 6.27.